The van der Waals surface area contributed by atoms with Gasteiger partial charge in [0.25, 0.3) is 0 Å². The number of hydrogen-bond acceptors (Lipinski definition) is 8. The smallest absolute Gasteiger partial charge is 0.203 e. The average molecular weight is 595 g/mol. The first-order chi connectivity index (χ1) is 18.9. The maximum absolute atomic E-state index is 14.0. The van der Waals surface area contributed by atoms with Crippen molar-refractivity contribution in [1.82, 2.24) is 0 Å². The lowest BCUT2D eigenvalue weighted by Crippen LogP contribution is -2.27. The van der Waals surface area contributed by atoms with Crippen LogP contribution in [-0.4, -0.2) is 41.3 Å². The van der Waals surface area contributed by atoms with Crippen LogP contribution in [0.4, 0.5) is 11.4 Å². The number of nitrogens with one attached hydrogen (secondary N) is 2. The molecule has 0 bridgehead atoms. The molecule has 0 fully saturated rings. The number of methoxy groups -OCH3 is 5. The van der Waals surface area contributed by atoms with Crippen LogP contribution in [0.1, 0.15) is 35.9 Å². The summed E-state index contributed by atoms with van der Waals surface area (Å²) in [6.45, 7) is 0. The number of allylic oxidation sites excluding steroid dienone is 1. The maximum atomic E-state index is 14.0. The molecule has 0 spiro atoms. The van der Waals surface area contributed by atoms with Crippen molar-refractivity contribution >= 4 is 33.1 Å². The third kappa shape index (κ3) is 4.87. The highest BCUT2D eigenvalue weighted by molar-refractivity contribution is 9.10. The van der Waals surface area contributed by atoms with E-state index in [1.165, 1.54) is 0 Å². The Hall–Kier alpha value is -3.85. The molecule has 3 aromatic carbocycles. The van der Waals surface area contributed by atoms with Crippen molar-refractivity contribution in [2.75, 3.05) is 46.2 Å². The van der Waals surface area contributed by atoms with Gasteiger partial charge in [-0.1, -0.05) is 28.1 Å². The fourth-order valence-corrected chi connectivity index (χ4v) is 5.94. The van der Waals surface area contributed by atoms with E-state index in [1.807, 2.05) is 48.5 Å². The van der Waals surface area contributed by atoms with E-state index in [-0.39, 0.29) is 11.7 Å². The number of hydrogen-bond donors (Lipinski definition) is 2. The number of halogens is 1. The van der Waals surface area contributed by atoms with Gasteiger partial charge in [0.05, 0.1) is 53.0 Å². The van der Waals surface area contributed by atoms with E-state index < -0.39 is 6.04 Å². The highest BCUT2D eigenvalue weighted by atomic mass is 79.9. The van der Waals surface area contributed by atoms with E-state index in [0.29, 0.717) is 47.2 Å². The second-order valence-corrected chi connectivity index (χ2v) is 10.2. The van der Waals surface area contributed by atoms with Crippen LogP contribution in [0.25, 0.3) is 0 Å². The summed E-state index contributed by atoms with van der Waals surface area (Å²) < 4.78 is 28.6. The molecule has 1 heterocycles. The van der Waals surface area contributed by atoms with Crippen molar-refractivity contribution in [2.45, 2.75) is 24.8 Å². The van der Waals surface area contributed by atoms with Crippen LogP contribution in [0.2, 0.25) is 0 Å². The molecule has 0 radical (unpaired) electrons. The predicted octanol–water partition coefficient (Wildman–Crippen LogP) is 6.47. The van der Waals surface area contributed by atoms with Gasteiger partial charge in [0.1, 0.15) is 0 Å². The number of rotatable bonds is 7. The molecule has 8 nitrogen and oxygen atoms in total. The van der Waals surface area contributed by atoms with Gasteiger partial charge in [-0.25, -0.2) is 0 Å². The molecule has 3 aromatic rings. The van der Waals surface area contributed by atoms with Gasteiger partial charge < -0.3 is 34.3 Å². The minimum Gasteiger partial charge on any atom is -0.493 e. The molecule has 5 rings (SSSR count). The predicted molar refractivity (Wildman–Crippen MR) is 154 cm³/mol. The highest BCUT2D eigenvalue weighted by Gasteiger charge is 2.37. The monoisotopic (exact) mass is 594 g/mol. The van der Waals surface area contributed by atoms with Gasteiger partial charge in [-0.2, -0.15) is 0 Å². The lowest BCUT2D eigenvalue weighted by atomic mass is 9.78. The minimum absolute atomic E-state index is 0.0505. The van der Waals surface area contributed by atoms with E-state index in [4.69, 9.17) is 23.7 Å². The zero-order valence-corrected chi connectivity index (χ0v) is 24.1. The molecule has 204 valence electrons. The largest absolute Gasteiger partial charge is 0.493 e. The number of fused-ring (bicyclic) bond motifs is 1. The van der Waals surface area contributed by atoms with Crippen molar-refractivity contribution in [3.8, 4) is 28.7 Å². The van der Waals surface area contributed by atoms with Gasteiger partial charge in [-0.15, -0.1) is 0 Å². The summed E-state index contributed by atoms with van der Waals surface area (Å²) in [6.07, 6.45) is 0.954. The molecule has 2 N–H and O–H groups in total. The Labute approximate surface area is 236 Å². The third-order valence-electron chi connectivity index (χ3n) is 7.28. The molecule has 2 atom stereocenters. The second-order valence-electron chi connectivity index (χ2n) is 9.36. The quantitative estimate of drug-likeness (QED) is 0.322. The number of ketones is 1. The first-order valence-electron chi connectivity index (χ1n) is 12.5. The summed E-state index contributed by atoms with van der Waals surface area (Å²) in [5.41, 5.74) is 5.19. The van der Waals surface area contributed by atoms with Crippen molar-refractivity contribution < 1.29 is 28.5 Å². The summed E-state index contributed by atoms with van der Waals surface area (Å²) in [4.78, 5) is 14.0. The Balaban J connectivity index is 1.63. The fourth-order valence-electron chi connectivity index (χ4n) is 5.39. The molecule has 0 aromatic heterocycles. The van der Waals surface area contributed by atoms with Crippen LogP contribution in [0.3, 0.4) is 0 Å². The van der Waals surface area contributed by atoms with Gasteiger partial charge in [-0.05, 0) is 59.9 Å². The zero-order chi connectivity index (χ0) is 27.7. The number of carbonyl (C=O) groups is 1. The lowest BCUT2D eigenvalue weighted by Gasteiger charge is -2.31. The van der Waals surface area contributed by atoms with Gasteiger partial charge in [0, 0.05) is 22.2 Å². The van der Waals surface area contributed by atoms with E-state index in [2.05, 4.69) is 26.6 Å². The van der Waals surface area contributed by atoms with E-state index >= 15 is 0 Å². The van der Waals surface area contributed by atoms with Crippen LogP contribution in [0.15, 0.2) is 64.3 Å². The van der Waals surface area contributed by atoms with Crippen molar-refractivity contribution in [3.05, 3.63) is 75.4 Å². The molecule has 0 saturated carbocycles. The molecule has 0 saturated heterocycles. The van der Waals surface area contributed by atoms with Crippen LogP contribution < -0.4 is 34.3 Å². The summed E-state index contributed by atoms with van der Waals surface area (Å²) >= 11 is 3.71. The molecule has 9 heteroatoms. The Morgan fingerprint density at radius 3 is 2.00 bits per heavy atom. The van der Waals surface area contributed by atoms with Crippen molar-refractivity contribution in [2.24, 2.45) is 0 Å². The van der Waals surface area contributed by atoms with Crippen molar-refractivity contribution in [3.63, 3.8) is 0 Å². The number of para-hydroxylation sites is 2. The number of anilines is 2. The van der Waals surface area contributed by atoms with E-state index in [1.54, 1.807) is 35.5 Å². The number of benzene rings is 3. The molecule has 0 unspecified atom stereocenters. The molecule has 1 aliphatic heterocycles. The highest BCUT2D eigenvalue weighted by Crippen LogP contribution is 2.49. The summed E-state index contributed by atoms with van der Waals surface area (Å²) in [5.74, 6) is 2.80. The molecule has 0 amide bonds. The number of carbonyl (C=O) groups excluding carboxylic acids is 1. The molecule has 39 heavy (non-hydrogen) atoms. The van der Waals surface area contributed by atoms with Crippen molar-refractivity contribution in [1.29, 1.82) is 0 Å². The van der Waals surface area contributed by atoms with Crippen LogP contribution >= 0.6 is 15.9 Å². The minimum atomic E-state index is -0.418. The Bertz CT molecular complexity index is 1430. The Kier molecular flexibility index (Phi) is 7.61. The number of ether oxygens (including phenoxy) is 5. The average Bonchev–Trinajstić information content (AvgIpc) is 3.12. The van der Waals surface area contributed by atoms with Crippen LogP contribution in [0.5, 0.6) is 28.7 Å². The van der Waals surface area contributed by atoms with Crippen LogP contribution in [0, 0.1) is 0 Å². The topological polar surface area (TPSA) is 87.3 Å². The standard InChI is InChI=1S/C30H31BrN2O6/c1-35-24-14-18(19(31)15-25(24)36-2)29-28-22(32-20-8-6-7-9-21(20)33-29)10-16(11-23(28)34)17-12-26(37-3)30(39-5)27(13-17)38-4/h6-9,12-16,29,32-33H,10-11H2,1-5H3/t16-,29+/m0/s1. The summed E-state index contributed by atoms with van der Waals surface area (Å²) in [5, 5.41) is 7.20. The van der Waals surface area contributed by atoms with Gasteiger partial charge in [0.2, 0.25) is 5.75 Å². The zero-order valence-electron chi connectivity index (χ0n) is 22.5. The maximum Gasteiger partial charge on any atom is 0.203 e. The first kappa shape index (κ1) is 26.7. The Morgan fingerprint density at radius 1 is 0.769 bits per heavy atom. The lowest BCUT2D eigenvalue weighted by molar-refractivity contribution is -0.116. The first-order valence-corrected chi connectivity index (χ1v) is 13.3. The van der Waals surface area contributed by atoms with Gasteiger partial charge in [-0.3, -0.25) is 4.79 Å². The molecule has 1 aliphatic carbocycles. The molecule has 2 aliphatic rings. The molecular weight excluding hydrogens is 564 g/mol. The third-order valence-corrected chi connectivity index (χ3v) is 7.97. The Morgan fingerprint density at radius 2 is 1.38 bits per heavy atom. The normalized spacial score (nSPS) is 18.2. The van der Waals surface area contributed by atoms with Gasteiger partial charge >= 0.3 is 0 Å². The molecular formula is C30H31BrN2O6. The van der Waals surface area contributed by atoms with Gasteiger partial charge in [0.15, 0.2) is 28.8 Å². The SMILES string of the molecule is COc1cc(Br)c([C@H]2Nc3ccccc3NC3=C2C(=O)C[C@@H](c2cc(OC)c(OC)c(OC)c2)C3)cc1OC. The fraction of sp³-hybridized carbons (Fsp3) is 0.300. The summed E-state index contributed by atoms with van der Waals surface area (Å²) in [7, 11) is 7.96. The van der Waals surface area contributed by atoms with E-state index in [9.17, 15) is 4.79 Å². The number of Topliss-reactive ketones (excluding diaryl/α,β-unsaturated/α-hetero) is 1. The van der Waals surface area contributed by atoms with E-state index in [0.717, 1.165) is 32.7 Å². The second kappa shape index (κ2) is 11.1. The summed E-state index contributed by atoms with van der Waals surface area (Å²) in [6, 6.07) is 15.2. The van der Waals surface area contributed by atoms with Crippen LogP contribution in [-0.2, 0) is 4.79 Å².